The molecule has 0 saturated carbocycles. The second-order valence-corrected chi connectivity index (χ2v) is 18.3. The lowest BCUT2D eigenvalue weighted by molar-refractivity contribution is 0.777. The van der Waals surface area contributed by atoms with Crippen molar-refractivity contribution in [2.45, 2.75) is 5.41 Å². The monoisotopic (exact) mass is 846 g/mol. The minimum Gasteiger partial charge on any atom is -0.0622 e. The van der Waals surface area contributed by atoms with E-state index in [1.165, 1.54) is 131 Å². The van der Waals surface area contributed by atoms with Crippen LogP contribution in [0.4, 0.5) is 0 Å². The van der Waals surface area contributed by atoms with Gasteiger partial charge in [0.2, 0.25) is 0 Å². The summed E-state index contributed by atoms with van der Waals surface area (Å²) in [7, 11) is 0. The van der Waals surface area contributed by atoms with Crippen molar-refractivity contribution < 1.29 is 0 Å². The lowest BCUT2D eigenvalue weighted by atomic mass is 9.66. The molecule has 13 aromatic carbocycles. The van der Waals surface area contributed by atoms with Crippen molar-refractivity contribution in [3.05, 3.63) is 277 Å². The van der Waals surface area contributed by atoms with Gasteiger partial charge < -0.3 is 0 Å². The third-order valence-electron chi connectivity index (χ3n) is 14.8. The Balaban J connectivity index is 1.02. The van der Waals surface area contributed by atoms with Crippen LogP contribution in [0.2, 0.25) is 0 Å². The van der Waals surface area contributed by atoms with Gasteiger partial charge in [0, 0.05) is 0 Å². The minimum absolute atomic E-state index is 0.564. The van der Waals surface area contributed by atoms with E-state index in [1.54, 1.807) is 0 Å². The molecule has 0 nitrogen and oxygen atoms in total. The number of benzene rings is 13. The summed E-state index contributed by atoms with van der Waals surface area (Å²) in [4.78, 5) is 0. The van der Waals surface area contributed by atoms with Gasteiger partial charge in [-0.1, -0.05) is 224 Å². The van der Waals surface area contributed by atoms with Crippen LogP contribution in [0, 0.1) is 0 Å². The van der Waals surface area contributed by atoms with Crippen molar-refractivity contribution in [3.8, 4) is 44.5 Å². The molecule has 0 aliphatic heterocycles. The molecule has 310 valence electrons. The molecule has 0 heteroatoms. The van der Waals surface area contributed by atoms with Crippen LogP contribution in [-0.2, 0) is 5.41 Å². The molecule has 0 atom stereocenters. The quantitative estimate of drug-likeness (QED) is 0.120. The maximum absolute atomic E-state index is 2.54. The zero-order valence-electron chi connectivity index (χ0n) is 36.7. The first kappa shape index (κ1) is 37.8. The van der Waals surface area contributed by atoms with Crippen molar-refractivity contribution in [1.82, 2.24) is 0 Å². The third-order valence-corrected chi connectivity index (χ3v) is 14.8. The van der Waals surface area contributed by atoms with Crippen molar-refractivity contribution in [1.29, 1.82) is 0 Å². The average Bonchev–Trinajstić information content (AvgIpc) is 3.70. The van der Waals surface area contributed by atoms with E-state index in [-0.39, 0.29) is 0 Å². The first-order chi connectivity index (χ1) is 33.2. The molecule has 0 N–H and O–H groups in total. The van der Waals surface area contributed by atoms with E-state index >= 15 is 0 Å². The molecular weight excluding hydrogens is 805 g/mol. The number of hydrogen-bond donors (Lipinski definition) is 0. The highest BCUT2D eigenvalue weighted by molar-refractivity contribution is 6.23. The van der Waals surface area contributed by atoms with E-state index in [1.807, 2.05) is 0 Å². The van der Waals surface area contributed by atoms with E-state index in [9.17, 15) is 0 Å². The van der Waals surface area contributed by atoms with Gasteiger partial charge >= 0.3 is 0 Å². The molecule has 13 aromatic rings. The van der Waals surface area contributed by atoms with Crippen LogP contribution in [-0.4, -0.2) is 0 Å². The van der Waals surface area contributed by atoms with Gasteiger partial charge in [-0.3, -0.25) is 0 Å². The molecule has 0 heterocycles. The summed E-state index contributed by atoms with van der Waals surface area (Å²) >= 11 is 0. The van der Waals surface area contributed by atoms with Crippen molar-refractivity contribution in [2.75, 3.05) is 0 Å². The molecule has 14 rings (SSSR count). The van der Waals surface area contributed by atoms with Crippen LogP contribution >= 0.6 is 0 Å². The summed E-state index contributed by atoms with van der Waals surface area (Å²) in [5.41, 5.74) is 14.8. The van der Waals surface area contributed by atoms with Crippen LogP contribution < -0.4 is 0 Å². The Morgan fingerprint density at radius 3 is 1.12 bits per heavy atom. The molecule has 0 fully saturated rings. The zero-order valence-corrected chi connectivity index (χ0v) is 36.7. The summed E-state index contributed by atoms with van der Waals surface area (Å²) < 4.78 is 0. The molecule has 0 radical (unpaired) electrons. The molecule has 0 unspecified atom stereocenters. The van der Waals surface area contributed by atoms with Crippen molar-refractivity contribution >= 4 is 64.6 Å². The Morgan fingerprint density at radius 2 is 0.597 bits per heavy atom. The predicted octanol–water partition coefficient (Wildman–Crippen LogP) is 18.0. The normalized spacial score (nSPS) is 12.9. The van der Waals surface area contributed by atoms with Gasteiger partial charge in [0.25, 0.3) is 0 Å². The Labute approximate surface area is 389 Å². The summed E-state index contributed by atoms with van der Waals surface area (Å²) in [6.07, 6.45) is 0. The Hall–Kier alpha value is -8.58. The van der Waals surface area contributed by atoms with Gasteiger partial charge in [-0.15, -0.1) is 0 Å². The van der Waals surface area contributed by atoms with Crippen molar-refractivity contribution in [3.63, 3.8) is 0 Å². The van der Waals surface area contributed by atoms with E-state index in [0.29, 0.717) is 0 Å². The molecule has 67 heavy (non-hydrogen) atoms. The fourth-order valence-corrected chi connectivity index (χ4v) is 12.0. The van der Waals surface area contributed by atoms with Gasteiger partial charge in [-0.2, -0.15) is 0 Å². The second kappa shape index (κ2) is 14.7. The molecule has 0 aromatic heterocycles. The van der Waals surface area contributed by atoms with Crippen molar-refractivity contribution in [2.24, 2.45) is 0 Å². The smallest absolute Gasteiger partial charge is 0.0622 e. The lowest BCUT2D eigenvalue weighted by Crippen LogP contribution is -2.28. The molecule has 0 bridgehead atoms. The highest BCUT2D eigenvalue weighted by Crippen LogP contribution is 2.61. The Morgan fingerprint density at radius 1 is 0.224 bits per heavy atom. The standard InChI is InChI=1S/C67H42/c1-4-18-43(19-5-1)44-32-33-46-39-48(36-34-45(46)38-44)63-56-27-13-15-29-58(56)64(59-30-16-14-28-57(59)63)49-37-35-47-41-61-62(42-50(47)40-49)67(51-20-6-2-7-21-51,52-22-8-3-9-23-52)66-60-31-17-11-25-54(60)53-24-10-12-26-55(53)65(61)66/h1-42H. The summed E-state index contributed by atoms with van der Waals surface area (Å²) in [6.45, 7) is 0. The topological polar surface area (TPSA) is 0 Å². The second-order valence-electron chi connectivity index (χ2n) is 18.3. The Bertz CT molecular complexity index is 4030. The highest BCUT2D eigenvalue weighted by Gasteiger charge is 2.48. The van der Waals surface area contributed by atoms with E-state index in [2.05, 4.69) is 255 Å². The minimum atomic E-state index is -0.564. The van der Waals surface area contributed by atoms with Gasteiger partial charge in [0.05, 0.1) is 5.41 Å². The lowest BCUT2D eigenvalue weighted by Gasteiger charge is -2.35. The van der Waals surface area contributed by atoms with Gasteiger partial charge in [0.15, 0.2) is 0 Å². The SMILES string of the molecule is c1ccc(-c2ccc3cc(-c4c5ccccc5c(-c5ccc6cc7c(cc6c5)C(c5ccccc5)(c5ccccc5)c5c-7c6ccccc6c6ccccc56)c5ccccc45)ccc3c2)cc1. The summed E-state index contributed by atoms with van der Waals surface area (Å²) in [5, 5.41) is 15.1. The molecule has 0 saturated heterocycles. The van der Waals surface area contributed by atoms with Gasteiger partial charge in [-0.25, -0.2) is 0 Å². The van der Waals surface area contributed by atoms with Crippen LogP contribution in [0.3, 0.4) is 0 Å². The number of hydrogen-bond acceptors (Lipinski definition) is 0. The maximum Gasteiger partial charge on any atom is 0.0720 e. The highest BCUT2D eigenvalue weighted by atomic mass is 14.5. The van der Waals surface area contributed by atoms with Crippen LogP contribution in [0.5, 0.6) is 0 Å². The molecule has 1 aliphatic carbocycles. The Kier molecular flexibility index (Phi) is 8.30. The number of fused-ring (bicyclic) bond motifs is 12. The molecular formula is C67H42. The fourth-order valence-electron chi connectivity index (χ4n) is 12.0. The first-order valence-electron chi connectivity index (χ1n) is 23.4. The first-order valence-corrected chi connectivity index (χ1v) is 23.4. The molecule has 0 amide bonds. The largest absolute Gasteiger partial charge is 0.0720 e. The van der Waals surface area contributed by atoms with E-state index in [4.69, 9.17) is 0 Å². The summed E-state index contributed by atoms with van der Waals surface area (Å²) in [6, 6.07) is 95.4. The predicted molar refractivity (Wildman–Crippen MR) is 285 cm³/mol. The van der Waals surface area contributed by atoms with Crippen LogP contribution in [0.1, 0.15) is 22.3 Å². The molecule has 1 aliphatic rings. The third kappa shape index (κ3) is 5.54. The van der Waals surface area contributed by atoms with Crippen LogP contribution in [0.15, 0.2) is 255 Å². The average molecular weight is 847 g/mol. The van der Waals surface area contributed by atoms with Gasteiger partial charge in [-0.05, 0) is 162 Å². The van der Waals surface area contributed by atoms with Gasteiger partial charge in [0.1, 0.15) is 0 Å². The zero-order chi connectivity index (χ0) is 44.1. The van der Waals surface area contributed by atoms with Crippen LogP contribution in [0.25, 0.3) is 109 Å². The summed E-state index contributed by atoms with van der Waals surface area (Å²) in [5.74, 6) is 0. The molecule has 0 spiro atoms. The van der Waals surface area contributed by atoms with E-state index in [0.717, 1.165) is 0 Å². The fraction of sp³-hybridized carbons (Fsp3) is 0.0149. The number of rotatable bonds is 5. The van der Waals surface area contributed by atoms with E-state index < -0.39 is 5.41 Å². The maximum atomic E-state index is 2.54.